The van der Waals surface area contributed by atoms with Gasteiger partial charge in [0, 0.05) is 12.8 Å². The minimum absolute atomic E-state index is 0.0807. The summed E-state index contributed by atoms with van der Waals surface area (Å²) in [4.78, 5) is 10.7. The molecule has 0 bridgehead atoms. The van der Waals surface area contributed by atoms with E-state index in [0.717, 1.165) is 17.5 Å². The Balaban J connectivity index is 1.61. The molecule has 0 saturated carbocycles. The number of carboxylic acid groups (broad SMARTS) is 1. The Morgan fingerprint density at radius 1 is 1.00 bits per heavy atom. The molecule has 0 unspecified atom stereocenters. The summed E-state index contributed by atoms with van der Waals surface area (Å²) in [5, 5.41) is 19.3. The number of phenols is 1. The summed E-state index contributed by atoms with van der Waals surface area (Å²) in [5.74, 6) is 0.193. The maximum absolute atomic E-state index is 13.3. The van der Waals surface area contributed by atoms with Crippen molar-refractivity contribution in [3.8, 4) is 28.4 Å². The Labute approximate surface area is 187 Å². The van der Waals surface area contributed by atoms with Crippen LogP contribution in [0.25, 0.3) is 11.1 Å². The second kappa shape index (κ2) is 11.2. The number of aryl methyl sites for hydroxylation is 2. The highest BCUT2D eigenvalue weighted by Gasteiger charge is 2.16. The van der Waals surface area contributed by atoms with Gasteiger partial charge in [0.25, 0.3) is 0 Å². The molecular weight excluding hydrogens is 411 g/mol. The number of hydrogen-bond donors (Lipinski definition) is 2. The Hall–Kier alpha value is -3.54. The summed E-state index contributed by atoms with van der Waals surface area (Å²) in [6, 6.07) is 16.8. The highest BCUT2D eigenvalue weighted by atomic mass is 19.1. The fourth-order valence-corrected chi connectivity index (χ4v) is 3.42. The number of hydrogen-bond acceptors (Lipinski definition) is 4. The molecule has 32 heavy (non-hydrogen) atoms. The highest BCUT2D eigenvalue weighted by Crippen LogP contribution is 2.40. The first-order chi connectivity index (χ1) is 15.5. The Bertz CT molecular complexity index is 1050. The summed E-state index contributed by atoms with van der Waals surface area (Å²) in [7, 11) is 0. The predicted octanol–water partition coefficient (Wildman–Crippen LogP) is 5.63. The zero-order chi connectivity index (χ0) is 22.9. The standard InChI is InChI=1S/C26H27FO5/c1-2-19-10-13-23(28)25(20-8-11-21(27)12-9-20)26(19)32-16-4-15-31-22-6-3-5-18(17-22)7-14-24(29)30/h3,5-6,8-13,17,28H,2,4,7,14-16H2,1H3,(H,29,30). The number of aliphatic carboxylic acids is 1. The Kier molecular flexibility index (Phi) is 8.08. The van der Waals surface area contributed by atoms with E-state index in [1.165, 1.54) is 12.1 Å². The second-order valence-electron chi connectivity index (χ2n) is 7.40. The van der Waals surface area contributed by atoms with Gasteiger partial charge in [-0.1, -0.05) is 37.3 Å². The van der Waals surface area contributed by atoms with Crippen molar-refractivity contribution >= 4 is 5.97 Å². The fraction of sp³-hybridized carbons (Fsp3) is 0.269. The number of benzene rings is 3. The molecule has 168 valence electrons. The lowest BCUT2D eigenvalue weighted by atomic mass is 9.99. The van der Waals surface area contributed by atoms with E-state index in [1.807, 2.05) is 37.3 Å². The van der Waals surface area contributed by atoms with E-state index < -0.39 is 5.97 Å². The van der Waals surface area contributed by atoms with E-state index in [2.05, 4.69) is 0 Å². The summed E-state index contributed by atoms with van der Waals surface area (Å²) >= 11 is 0. The molecule has 0 spiro atoms. The molecule has 3 aromatic rings. The van der Waals surface area contributed by atoms with Crippen LogP contribution in [-0.2, 0) is 17.6 Å². The predicted molar refractivity (Wildman–Crippen MR) is 121 cm³/mol. The van der Waals surface area contributed by atoms with Crippen molar-refractivity contribution in [2.45, 2.75) is 32.6 Å². The van der Waals surface area contributed by atoms with Crippen molar-refractivity contribution in [1.29, 1.82) is 0 Å². The van der Waals surface area contributed by atoms with Crippen LogP contribution in [-0.4, -0.2) is 29.4 Å². The van der Waals surface area contributed by atoms with Crippen LogP contribution >= 0.6 is 0 Å². The minimum atomic E-state index is -0.827. The van der Waals surface area contributed by atoms with Crippen LogP contribution in [0.2, 0.25) is 0 Å². The summed E-state index contributed by atoms with van der Waals surface area (Å²) in [6.45, 7) is 2.81. The van der Waals surface area contributed by atoms with Crippen molar-refractivity contribution < 1.29 is 28.9 Å². The topological polar surface area (TPSA) is 76.0 Å². The lowest BCUT2D eigenvalue weighted by molar-refractivity contribution is -0.136. The summed E-state index contributed by atoms with van der Waals surface area (Å²) in [5.41, 5.74) is 3.10. The number of halogens is 1. The van der Waals surface area contributed by atoms with Gasteiger partial charge in [-0.05, 0) is 59.9 Å². The second-order valence-corrected chi connectivity index (χ2v) is 7.40. The monoisotopic (exact) mass is 438 g/mol. The van der Waals surface area contributed by atoms with Gasteiger partial charge in [-0.2, -0.15) is 0 Å². The van der Waals surface area contributed by atoms with Crippen molar-refractivity contribution in [2.24, 2.45) is 0 Å². The average molecular weight is 438 g/mol. The van der Waals surface area contributed by atoms with Crippen LogP contribution in [0.4, 0.5) is 4.39 Å². The molecule has 0 aliphatic carbocycles. The Morgan fingerprint density at radius 2 is 1.75 bits per heavy atom. The molecule has 3 rings (SSSR count). The maximum atomic E-state index is 13.3. The number of carboxylic acids is 1. The lowest BCUT2D eigenvalue weighted by Gasteiger charge is -2.17. The van der Waals surface area contributed by atoms with Gasteiger partial charge in [-0.25, -0.2) is 4.39 Å². The van der Waals surface area contributed by atoms with Crippen LogP contribution in [0.3, 0.4) is 0 Å². The molecule has 0 amide bonds. The first-order valence-corrected chi connectivity index (χ1v) is 10.6. The number of phenolic OH excluding ortho intramolecular Hbond substituents is 1. The van der Waals surface area contributed by atoms with Gasteiger partial charge in [0.2, 0.25) is 0 Å². The normalized spacial score (nSPS) is 10.7. The Morgan fingerprint density at radius 3 is 2.47 bits per heavy atom. The first kappa shape index (κ1) is 23.1. The maximum Gasteiger partial charge on any atom is 0.303 e. The molecule has 0 aliphatic heterocycles. The smallest absolute Gasteiger partial charge is 0.303 e. The van der Waals surface area contributed by atoms with Crippen molar-refractivity contribution in [3.63, 3.8) is 0 Å². The fourth-order valence-electron chi connectivity index (χ4n) is 3.42. The van der Waals surface area contributed by atoms with Crippen LogP contribution in [0.15, 0.2) is 60.7 Å². The number of ether oxygens (including phenoxy) is 2. The molecule has 0 radical (unpaired) electrons. The van der Waals surface area contributed by atoms with Crippen LogP contribution in [0, 0.1) is 5.82 Å². The average Bonchev–Trinajstić information content (AvgIpc) is 2.79. The molecule has 6 heteroatoms. The van der Waals surface area contributed by atoms with Gasteiger partial charge in [0.1, 0.15) is 23.1 Å². The zero-order valence-corrected chi connectivity index (χ0v) is 18.0. The molecule has 0 fully saturated rings. The summed E-state index contributed by atoms with van der Waals surface area (Å²) < 4.78 is 25.2. The number of carbonyl (C=O) groups is 1. The van der Waals surface area contributed by atoms with Gasteiger partial charge in [-0.15, -0.1) is 0 Å². The third-order valence-electron chi connectivity index (χ3n) is 5.06. The molecule has 0 atom stereocenters. The van der Waals surface area contributed by atoms with E-state index in [-0.39, 0.29) is 18.0 Å². The van der Waals surface area contributed by atoms with Gasteiger partial charge in [0.05, 0.1) is 18.8 Å². The number of aromatic hydroxyl groups is 1. The SMILES string of the molecule is CCc1ccc(O)c(-c2ccc(F)cc2)c1OCCCOc1cccc(CCC(=O)O)c1. The molecular formula is C26H27FO5. The van der Waals surface area contributed by atoms with E-state index >= 15 is 0 Å². The lowest BCUT2D eigenvalue weighted by Crippen LogP contribution is -2.07. The molecule has 0 saturated heterocycles. The van der Waals surface area contributed by atoms with Gasteiger partial charge in [0.15, 0.2) is 0 Å². The quantitative estimate of drug-likeness (QED) is 0.380. The molecule has 5 nitrogen and oxygen atoms in total. The van der Waals surface area contributed by atoms with Crippen molar-refractivity contribution in [1.82, 2.24) is 0 Å². The molecule has 2 N–H and O–H groups in total. The van der Waals surface area contributed by atoms with Crippen LogP contribution < -0.4 is 9.47 Å². The third kappa shape index (κ3) is 6.23. The van der Waals surface area contributed by atoms with E-state index in [9.17, 15) is 14.3 Å². The largest absolute Gasteiger partial charge is 0.507 e. The highest BCUT2D eigenvalue weighted by molar-refractivity contribution is 5.78. The molecule has 3 aromatic carbocycles. The minimum Gasteiger partial charge on any atom is -0.507 e. The third-order valence-corrected chi connectivity index (χ3v) is 5.06. The van der Waals surface area contributed by atoms with E-state index in [0.29, 0.717) is 48.7 Å². The number of rotatable bonds is 11. The van der Waals surface area contributed by atoms with Gasteiger partial charge < -0.3 is 19.7 Å². The molecule has 0 aliphatic rings. The van der Waals surface area contributed by atoms with E-state index in [4.69, 9.17) is 14.6 Å². The molecule has 0 aromatic heterocycles. The zero-order valence-electron chi connectivity index (χ0n) is 18.0. The van der Waals surface area contributed by atoms with E-state index in [1.54, 1.807) is 18.2 Å². The van der Waals surface area contributed by atoms with Crippen molar-refractivity contribution in [2.75, 3.05) is 13.2 Å². The molecule has 0 heterocycles. The van der Waals surface area contributed by atoms with Gasteiger partial charge >= 0.3 is 5.97 Å². The summed E-state index contributed by atoms with van der Waals surface area (Å²) in [6.07, 6.45) is 1.88. The van der Waals surface area contributed by atoms with Gasteiger partial charge in [-0.3, -0.25) is 4.79 Å². The van der Waals surface area contributed by atoms with Crippen molar-refractivity contribution in [3.05, 3.63) is 77.6 Å². The van der Waals surface area contributed by atoms with Crippen LogP contribution in [0.5, 0.6) is 17.2 Å². The first-order valence-electron chi connectivity index (χ1n) is 10.6. The van der Waals surface area contributed by atoms with Crippen LogP contribution in [0.1, 0.15) is 30.9 Å².